The maximum atomic E-state index is 13.1. The molecule has 1 aromatic carbocycles. The first-order chi connectivity index (χ1) is 15.4. The Bertz CT molecular complexity index is 953. The van der Waals surface area contributed by atoms with E-state index in [0.717, 1.165) is 57.8 Å². The van der Waals surface area contributed by atoms with E-state index in [2.05, 4.69) is 26.8 Å². The lowest BCUT2D eigenvalue weighted by molar-refractivity contribution is -0.385. The van der Waals surface area contributed by atoms with Crippen molar-refractivity contribution in [1.29, 1.82) is 0 Å². The number of nitrogens with zero attached hydrogens (tertiary/aromatic N) is 6. The number of hydrogen-bond donors (Lipinski definition) is 0. The molecule has 2 aliphatic rings. The van der Waals surface area contributed by atoms with Gasteiger partial charge in [-0.25, -0.2) is 4.68 Å². The summed E-state index contributed by atoms with van der Waals surface area (Å²) in [7, 11) is 3.53. The number of halogens is 2. The fraction of sp³-hybridized carbons (Fsp3) is 0.571. The van der Waals surface area contributed by atoms with E-state index < -0.39 is 11.5 Å². The van der Waals surface area contributed by atoms with Crippen molar-refractivity contribution in [3.05, 3.63) is 34.6 Å². The molecule has 0 unspecified atom stereocenters. The number of rotatable bonds is 6. The number of ether oxygens (including phenoxy) is 1. The van der Waals surface area contributed by atoms with E-state index in [0.29, 0.717) is 21.9 Å². The Kier molecular flexibility index (Phi) is 6.56. The van der Waals surface area contributed by atoms with Gasteiger partial charge >= 0.3 is 12.2 Å². The van der Waals surface area contributed by atoms with Gasteiger partial charge in [0.15, 0.2) is 5.75 Å². The van der Waals surface area contributed by atoms with Crippen LogP contribution in [-0.2, 0) is 0 Å². The van der Waals surface area contributed by atoms with Crippen LogP contribution in [-0.4, -0.2) is 84.0 Å². The third-order valence-corrected chi connectivity index (χ3v) is 6.47. The second-order valence-electron chi connectivity index (χ2n) is 8.34. The molecular formula is C21H28F2N6O3. The molecule has 0 saturated carbocycles. The van der Waals surface area contributed by atoms with E-state index in [4.69, 9.17) is 4.74 Å². The Balaban J connectivity index is 1.61. The molecule has 2 aliphatic heterocycles. The van der Waals surface area contributed by atoms with E-state index in [9.17, 15) is 18.9 Å². The summed E-state index contributed by atoms with van der Waals surface area (Å²) in [6.45, 7) is 3.02. The van der Waals surface area contributed by atoms with Gasteiger partial charge in [-0.3, -0.25) is 15.0 Å². The molecule has 0 amide bonds. The summed E-state index contributed by atoms with van der Waals surface area (Å²) in [6.07, 6.45) is 4.48. The topological polar surface area (TPSA) is 79.9 Å². The molecule has 4 rings (SSSR count). The van der Waals surface area contributed by atoms with Crippen LogP contribution >= 0.6 is 0 Å². The number of aromatic nitrogens is 2. The zero-order valence-electron chi connectivity index (χ0n) is 18.3. The van der Waals surface area contributed by atoms with Crippen LogP contribution in [0, 0.1) is 10.1 Å². The summed E-state index contributed by atoms with van der Waals surface area (Å²) in [6, 6.07) is 3.54. The van der Waals surface area contributed by atoms with Crippen LogP contribution in [0.2, 0.25) is 0 Å². The SMILES string of the molecule is COc1cc(N2CCC(N3CCN(C)CC3)CC2)c(-c2cnn(C(F)F)c2)cc1[N+](=O)[O-]. The number of hydrogen-bond acceptors (Lipinski definition) is 7. The molecule has 1 aromatic heterocycles. The van der Waals surface area contributed by atoms with Crippen molar-refractivity contribution in [3.63, 3.8) is 0 Å². The molecule has 32 heavy (non-hydrogen) atoms. The molecule has 9 nitrogen and oxygen atoms in total. The maximum absolute atomic E-state index is 13.1. The fourth-order valence-corrected chi connectivity index (χ4v) is 4.60. The lowest BCUT2D eigenvalue weighted by Gasteiger charge is -2.43. The number of nitro groups is 1. The van der Waals surface area contributed by atoms with E-state index in [-0.39, 0.29) is 11.4 Å². The molecule has 0 bridgehead atoms. The van der Waals surface area contributed by atoms with Crippen molar-refractivity contribution in [2.24, 2.45) is 0 Å². The summed E-state index contributed by atoms with van der Waals surface area (Å²) in [5, 5.41) is 15.3. The first kappa shape index (κ1) is 22.4. The lowest BCUT2D eigenvalue weighted by Crippen LogP contribution is -2.52. The van der Waals surface area contributed by atoms with Crippen LogP contribution in [0.1, 0.15) is 19.4 Å². The van der Waals surface area contributed by atoms with Crippen molar-refractivity contribution in [1.82, 2.24) is 19.6 Å². The van der Waals surface area contributed by atoms with Gasteiger partial charge in [0.25, 0.3) is 0 Å². The molecule has 0 radical (unpaired) electrons. The highest BCUT2D eigenvalue weighted by Crippen LogP contribution is 2.41. The van der Waals surface area contributed by atoms with Gasteiger partial charge in [0.2, 0.25) is 0 Å². The van der Waals surface area contributed by atoms with Gasteiger partial charge in [0, 0.05) is 80.5 Å². The summed E-state index contributed by atoms with van der Waals surface area (Å²) in [5.41, 5.74) is 1.44. The Morgan fingerprint density at radius 1 is 1.16 bits per heavy atom. The number of piperidine rings is 1. The lowest BCUT2D eigenvalue weighted by atomic mass is 9.98. The van der Waals surface area contributed by atoms with Crippen molar-refractivity contribution >= 4 is 11.4 Å². The highest BCUT2D eigenvalue weighted by Gasteiger charge is 2.30. The van der Waals surface area contributed by atoms with Crippen LogP contribution in [0.15, 0.2) is 24.5 Å². The van der Waals surface area contributed by atoms with Crippen molar-refractivity contribution in [3.8, 4) is 16.9 Å². The molecule has 0 aliphatic carbocycles. The largest absolute Gasteiger partial charge is 0.490 e. The standard InChI is InChI=1S/C21H28F2N6O3/c1-25-7-9-26(10-8-25)16-3-5-27(6-4-16)18-12-20(32-2)19(29(30)31)11-17(18)15-13-24-28(14-15)21(22)23/h11-14,16,21H,3-10H2,1-2H3. The van der Waals surface area contributed by atoms with E-state index in [1.165, 1.54) is 25.6 Å². The van der Waals surface area contributed by atoms with Crippen LogP contribution < -0.4 is 9.64 Å². The normalized spacial score (nSPS) is 19.0. The van der Waals surface area contributed by atoms with Crippen molar-refractivity contribution < 1.29 is 18.4 Å². The van der Waals surface area contributed by atoms with Crippen LogP contribution in [0.4, 0.5) is 20.2 Å². The quantitative estimate of drug-likeness (QED) is 0.494. The molecule has 3 heterocycles. The molecule has 0 spiro atoms. The van der Waals surface area contributed by atoms with Gasteiger partial charge in [0.1, 0.15) is 0 Å². The highest BCUT2D eigenvalue weighted by molar-refractivity contribution is 5.82. The molecule has 0 N–H and O–H groups in total. The van der Waals surface area contributed by atoms with E-state index in [1.54, 1.807) is 6.07 Å². The fourth-order valence-electron chi connectivity index (χ4n) is 4.60. The third-order valence-electron chi connectivity index (χ3n) is 6.47. The Morgan fingerprint density at radius 2 is 1.84 bits per heavy atom. The average molecular weight is 450 g/mol. The molecule has 2 saturated heterocycles. The second-order valence-corrected chi connectivity index (χ2v) is 8.34. The van der Waals surface area contributed by atoms with Crippen molar-refractivity contribution in [2.45, 2.75) is 25.4 Å². The number of anilines is 1. The number of nitro benzene ring substituents is 1. The molecule has 11 heteroatoms. The summed E-state index contributed by atoms with van der Waals surface area (Å²) in [5.74, 6) is 0.149. The van der Waals surface area contributed by atoms with Gasteiger partial charge in [-0.15, -0.1) is 0 Å². The molecule has 2 aromatic rings. The highest BCUT2D eigenvalue weighted by atomic mass is 19.3. The number of likely N-dealkylation sites (N-methyl/N-ethyl adjacent to an activating group) is 1. The van der Waals surface area contributed by atoms with Gasteiger partial charge in [0.05, 0.1) is 18.2 Å². The third kappa shape index (κ3) is 4.53. The minimum absolute atomic E-state index is 0.149. The second kappa shape index (κ2) is 9.37. The summed E-state index contributed by atoms with van der Waals surface area (Å²) in [4.78, 5) is 18.1. The van der Waals surface area contributed by atoms with Gasteiger partial charge in [-0.2, -0.15) is 13.9 Å². The first-order valence-electron chi connectivity index (χ1n) is 10.7. The number of benzene rings is 1. The molecule has 2 fully saturated rings. The number of alkyl halides is 2. The monoisotopic (exact) mass is 450 g/mol. The predicted molar refractivity (Wildman–Crippen MR) is 116 cm³/mol. The maximum Gasteiger partial charge on any atom is 0.333 e. The Morgan fingerprint density at radius 3 is 2.41 bits per heavy atom. The number of piperazine rings is 1. The summed E-state index contributed by atoms with van der Waals surface area (Å²) >= 11 is 0. The van der Waals surface area contributed by atoms with Crippen LogP contribution in [0.25, 0.3) is 11.1 Å². The van der Waals surface area contributed by atoms with Crippen LogP contribution in [0.5, 0.6) is 5.75 Å². The van der Waals surface area contributed by atoms with Gasteiger partial charge in [-0.1, -0.05) is 0 Å². The minimum atomic E-state index is -2.78. The van der Waals surface area contributed by atoms with Crippen LogP contribution in [0.3, 0.4) is 0 Å². The average Bonchev–Trinajstić information content (AvgIpc) is 3.29. The van der Waals surface area contributed by atoms with E-state index >= 15 is 0 Å². The van der Waals surface area contributed by atoms with Gasteiger partial charge in [-0.05, 0) is 19.9 Å². The number of methoxy groups -OCH3 is 1. The smallest absolute Gasteiger partial charge is 0.333 e. The summed E-state index contributed by atoms with van der Waals surface area (Å²) < 4.78 is 32.0. The zero-order chi connectivity index (χ0) is 22.8. The van der Waals surface area contributed by atoms with Gasteiger partial charge < -0.3 is 14.5 Å². The zero-order valence-corrected chi connectivity index (χ0v) is 18.3. The predicted octanol–water partition coefficient (Wildman–Crippen LogP) is 3.08. The van der Waals surface area contributed by atoms with E-state index in [1.807, 2.05) is 0 Å². The Hall–Kier alpha value is -2.79. The Labute approximate surface area is 185 Å². The first-order valence-corrected chi connectivity index (χ1v) is 10.7. The minimum Gasteiger partial charge on any atom is -0.490 e. The molecular weight excluding hydrogens is 422 g/mol. The van der Waals surface area contributed by atoms with Crippen molar-refractivity contribution in [2.75, 3.05) is 58.3 Å². The molecule has 174 valence electrons. The molecule has 0 atom stereocenters.